The lowest BCUT2D eigenvalue weighted by atomic mass is 9.99. The summed E-state index contributed by atoms with van der Waals surface area (Å²) in [6.07, 6.45) is -4.80. The minimum Gasteiger partial charge on any atom is -0.405 e. The van der Waals surface area contributed by atoms with Crippen LogP contribution in [0, 0.1) is 9.39 Å². The Kier molecular flexibility index (Phi) is 4.72. The van der Waals surface area contributed by atoms with Crippen molar-refractivity contribution in [3.8, 4) is 5.75 Å². The molecule has 0 saturated heterocycles. The molecule has 21 heavy (non-hydrogen) atoms. The number of nitrogens with two attached hydrogens (primary N) is 1. The Bertz CT molecular complexity index is 645. The molecule has 2 nitrogen and oxygen atoms in total. The van der Waals surface area contributed by atoms with E-state index in [-0.39, 0.29) is 11.3 Å². The van der Waals surface area contributed by atoms with Gasteiger partial charge in [-0.15, -0.1) is 13.2 Å². The van der Waals surface area contributed by atoms with Gasteiger partial charge in [0.05, 0.1) is 6.04 Å². The van der Waals surface area contributed by atoms with E-state index in [4.69, 9.17) is 5.73 Å². The van der Waals surface area contributed by atoms with Gasteiger partial charge in [0, 0.05) is 9.13 Å². The van der Waals surface area contributed by atoms with Gasteiger partial charge >= 0.3 is 6.36 Å². The Morgan fingerprint density at radius 3 is 2.33 bits per heavy atom. The smallest absolute Gasteiger partial charge is 0.405 e. The molecule has 1 atom stereocenters. The number of alkyl halides is 3. The third-order valence-electron chi connectivity index (χ3n) is 2.78. The number of rotatable bonds is 3. The van der Waals surface area contributed by atoms with E-state index in [0.717, 1.165) is 0 Å². The van der Waals surface area contributed by atoms with E-state index in [1.165, 1.54) is 36.4 Å². The van der Waals surface area contributed by atoms with Crippen LogP contribution >= 0.6 is 22.6 Å². The molecule has 0 fully saturated rings. The molecule has 0 aliphatic rings. The predicted molar refractivity (Wildman–Crippen MR) is 78.3 cm³/mol. The quantitative estimate of drug-likeness (QED) is 0.602. The fraction of sp³-hybridized carbons (Fsp3) is 0.143. The van der Waals surface area contributed by atoms with Gasteiger partial charge in [-0.05, 0) is 46.4 Å². The topological polar surface area (TPSA) is 35.2 Å². The third kappa shape index (κ3) is 4.07. The molecule has 112 valence electrons. The van der Waals surface area contributed by atoms with E-state index in [9.17, 15) is 17.6 Å². The summed E-state index contributed by atoms with van der Waals surface area (Å²) in [4.78, 5) is 0. The standard InChI is InChI=1S/C14H10F4INO/c15-8-5-6-9(11(19)7-8)13(20)10-3-1-2-4-12(10)21-14(16,17)18/h1-7,13H,20H2. The summed E-state index contributed by atoms with van der Waals surface area (Å²) in [6.45, 7) is 0. The Hall–Kier alpha value is -1.35. The van der Waals surface area contributed by atoms with E-state index in [0.29, 0.717) is 9.13 Å². The number of benzene rings is 2. The van der Waals surface area contributed by atoms with Crippen LogP contribution in [0.2, 0.25) is 0 Å². The summed E-state index contributed by atoms with van der Waals surface area (Å²) >= 11 is 1.88. The van der Waals surface area contributed by atoms with Crippen molar-refractivity contribution in [3.63, 3.8) is 0 Å². The number of para-hydroxylation sites is 1. The molecule has 0 bridgehead atoms. The Morgan fingerprint density at radius 2 is 1.71 bits per heavy atom. The summed E-state index contributed by atoms with van der Waals surface area (Å²) < 4.78 is 54.8. The van der Waals surface area contributed by atoms with Gasteiger partial charge in [0.15, 0.2) is 0 Å². The van der Waals surface area contributed by atoms with Crippen LogP contribution in [-0.2, 0) is 0 Å². The lowest BCUT2D eigenvalue weighted by Crippen LogP contribution is -2.21. The van der Waals surface area contributed by atoms with E-state index in [1.54, 1.807) is 6.07 Å². The van der Waals surface area contributed by atoms with Crippen LogP contribution in [0.15, 0.2) is 42.5 Å². The second-order valence-corrected chi connectivity index (χ2v) is 5.39. The average Bonchev–Trinajstić information content (AvgIpc) is 2.36. The normalized spacial score (nSPS) is 13.0. The summed E-state index contributed by atoms with van der Waals surface area (Å²) in [5.41, 5.74) is 6.72. The van der Waals surface area contributed by atoms with Crippen molar-refractivity contribution in [1.82, 2.24) is 0 Å². The van der Waals surface area contributed by atoms with Gasteiger partial charge in [0.1, 0.15) is 11.6 Å². The molecular weight excluding hydrogens is 401 g/mol. The second-order valence-electron chi connectivity index (χ2n) is 4.23. The number of hydrogen-bond donors (Lipinski definition) is 1. The minimum atomic E-state index is -4.80. The molecular formula is C14H10F4INO. The number of halogens is 5. The maximum Gasteiger partial charge on any atom is 0.573 e. The van der Waals surface area contributed by atoms with E-state index < -0.39 is 18.2 Å². The first-order chi connectivity index (χ1) is 9.78. The highest BCUT2D eigenvalue weighted by molar-refractivity contribution is 14.1. The van der Waals surface area contributed by atoms with Gasteiger partial charge < -0.3 is 10.5 Å². The van der Waals surface area contributed by atoms with Gasteiger partial charge in [-0.1, -0.05) is 24.3 Å². The van der Waals surface area contributed by atoms with Crippen LogP contribution in [0.4, 0.5) is 17.6 Å². The molecule has 0 saturated carbocycles. The first-order valence-corrected chi connectivity index (χ1v) is 6.91. The van der Waals surface area contributed by atoms with Crippen molar-refractivity contribution in [2.24, 2.45) is 5.73 Å². The molecule has 0 radical (unpaired) electrons. The molecule has 2 aromatic rings. The zero-order chi connectivity index (χ0) is 15.6. The van der Waals surface area contributed by atoms with Gasteiger partial charge in [-0.2, -0.15) is 0 Å². The summed E-state index contributed by atoms with van der Waals surface area (Å²) in [7, 11) is 0. The molecule has 2 rings (SSSR count). The SMILES string of the molecule is NC(c1ccc(F)cc1I)c1ccccc1OC(F)(F)F. The van der Waals surface area contributed by atoms with Crippen molar-refractivity contribution in [1.29, 1.82) is 0 Å². The first kappa shape index (κ1) is 16.0. The Labute approximate surface area is 132 Å². The number of hydrogen-bond acceptors (Lipinski definition) is 2. The van der Waals surface area contributed by atoms with E-state index in [1.807, 2.05) is 22.6 Å². The average molecular weight is 411 g/mol. The van der Waals surface area contributed by atoms with E-state index in [2.05, 4.69) is 4.74 Å². The monoisotopic (exact) mass is 411 g/mol. The highest BCUT2D eigenvalue weighted by Crippen LogP contribution is 2.33. The summed E-state index contributed by atoms with van der Waals surface area (Å²) in [6, 6.07) is 8.71. The second kappa shape index (κ2) is 6.18. The number of ether oxygens (including phenoxy) is 1. The Balaban J connectivity index is 2.41. The molecule has 0 aromatic heterocycles. The van der Waals surface area contributed by atoms with Crippen molar-refractivity contribution in [2.45, 2.75) is 12.4 Å². The van der Waals surface area contributed by atoms with Crippen LogP contribution in [0.1, 0.15) is 17.2 Å². The molecule has 0 amide bonds. The summed E-state index contributed by atoms with van der Waals surface area (Å²) in [5.74, 6) is -0.798. The largest absolute Gasteiger partial charge is 0.573 e. The molecule has 7 heteroatoms. The molecule has 0 heterocycles. The lowest BCUT2D eigenvalue weighted by molar-refractivity contribution is -0.274. The third-order valence-corrected chi connectivity index (χ3v) is 3.71. The fourth-order valence-corrected chi connectivity index (χ4v) is 2.69. The Morgan fingerprint density at radius 1 is 1.05 bits per heavy atom. The highest BCUT2D eigenvalue weighted by Gasteiger charge is 2.32. The van der Waals surface area contributed by atoms with Gasteiger partial charge in [0.25, 0.3) is 0 Å². The van der Waals surface area contributed by atoms with Crippen molar-refractivity contribution in [3.05, 3.63) is 63.0 Å². The maximum absolute atomic E-state index is 13.1. The van der Waals surface area contributed by atoms with Crippen LogP contribution in [-0.4, -0.2) is 6.36 Å². The lowest BCUT2D eigenvalue weighted by Gasteiger charge is -2.19. The van der Waals surface area contributed by atoms with Crippen molar-refractivity contribution < 1.29 is 22.3 Å². The van der Waals surface area contributed by atoms with Crippen molar-refractivity contribution in [2.75, 3.05) is 0 Å². The molecule has 2 N–H and O–H groups in total. The van der Waals surface area contributed by atoms with Gasteiger partial charge in [-0.3, -0.25) is 0 Å². The summed E-state index contributed by atoms with van der Waals surface area (Å²) in [5, 5.41) is 0. The minimum absolute atomic E-state index is 0.180. The van der Waals surface area contributed by atoms with Crippen LogP contribution in [0.5, 0.6) is 5.75 Å². The fourth-order valence-electron chi connectivity index (χ4n) is 1.88. The molecule has 0 aliphatic heterocycles. The van der Waals surface area contributed by atoms with Crippen LogP contribution in [0.3, 0.4) is 0 Å². The van der Waals surface area contributed by atoms with Crippen molar-refractivity contribution >= 4 is 22.6 Å². The van der Waals surface area contributed by atoms with Gasteiger partial charge in [0.2, 0.25) is 0 Å². The zero-order valence-corrected chi connectivity index (χ0v) is 12.7. The van der Waals surface area contributed by atoms with Crippen LogP contribution in [0.25, 0.3) is 0 Å². The highest BCUT2D eigenvalue weighted by atomic mass is 127. The molecule has 0 spiro atoms. The zero-order valence-electron chi connectivity index (χ0n) is 10.5. The van der Waals surface area contributed by atoms with E-state index >= 15 is 0 Å². The first-order valence-electron chi connectivity index (χ1n) is 5.83. The predicted octanol–water partition coefficient (Wildman–Crippen LogP) is 4.38. The van der Waals surface area contributed by atoms with Crippen LogP contribution < -0.4 is 10.5 Å². The molecule has 0 aliphatic carbocycles. The molecule has 2 aromatic carbocycles. The molecule has 1 unspecified atom stereocenters. The maximum atomic E-state index is 13.1. The van der Waals surface area contributed by atoms with Gasteiger partial charge in [-0.25, -0.2) is 4.39 Å².